The molecule has 1 fully saturated rings. The number of amides is 1. The monoisotopic (exact) mass is 264 g/mol. The quantitative estimate of drug-likeness (QED) is 0.630. The molecule has 0 spiro atoms. The maximum absolute atomic E-state index is 11.8. The first-order valence-electron chi connectivity index (χ1n) is 6.52. The number of benzene rings is 1. The van der Waals surface area contributed by atoms with Crippen LogP contribution < -0.4 is 10.6 Å². The van der Waals surface area contributed by atoms with Gasteiger partial charge in [-0.25, -0.2) is 0 Å². The first-order valence-corrected chi connectivity index (χ1v) is 7.51. The van der Waals surface area contributed by atoms with E-state index in [0.29, 0.717) is 0 Å². The molecule has 0 bridgehead atoms. The lowest BCUT2D eigenvalue weighted by molar-refractivity contribution is -0.125. The van der Waals surface area contributed by atoms with Crippen LogP contribution in [0.25, 0.3) is 0 Å². The summed E-state index contributed by atoms with van der Waals surface area (Å²) in [6.45, 7) is 2.63. The van der Waals surface area contributed by atoms with Gasteiger partial charge < -0.3 is 10.6 Å². The molecule has 98 valence electrons. The van der Waals surface area contributed by atoms with Crippen molar-refractivity contribution in [2.45, 2.75) is 17.7 Å². The van der Waals surface area contributed by atoms with Crippen LogP contribution in [0.5, 0.6) is 0 Å². The van der Waals surface area contributed by atoms with Crippen LogP contribution in [0.3, 0.4) is 0 Å². The lowest BCUT2D eigenvalue weighted by Crippen LogP contribution is -2.41. The van der Waals surface area contributed by atoms with Crippen molar-refractivity contribution in [3.63, 3.8) is 0 Å². The zero-order valence-corrected chi connectivity index (χ0v) is 11.3. The first-order chi connectivity index (χ1) is 8.86. The molecule has 18 heavy (non-hydrogen) atoms. The van der Waals surface area contributed by atoms with E-state index in [2.05, 4.69) is 22.8 Å². The average Bonchev–Trinajstić information content (AvgIpc) is 2.45. The summed E-state index contributed by atoms with van der Waals surface area (Å²) in [5.74, 6) is 1.30. The van der Waals surface area contributed by atoms with Crippen molar-refractivity contribution in [3.8, 4) is 0 Å². The molecule has 4 heteroatoms. The molecular formula is C14H20N2OS. The van der Waals surface area contributed by atoms with Crippen LogP contribution >= 0.6 is 11.8 Å². The van der Waals surface area contributed by atoms with Crippen LogP contribution in [0.2, 0.25) is 0 Å². The van der Waals surface area contributed by atoms with Gasteiger partial charge in [0.2, 0.25) is 5.91 Å². The summed E-state index contributed by atoms with van der Waals surface area (Å²) in [5, 5.41) is 6.29. The summed E-state index contributed by atoms with van der Waals surface area (Å²) >= 11 is 1.78. The van der Waals surface area contributed by atoms with Gasteiger partial charge in [-0.15, -0.1) is 11.8 Å². The van der Waals surface area contributed by atoms with Crippen LogP contribution in [0.1, 0.15) is 12.8 Å². The second-order valence-electron chi connectivity index (χ2n) is 4.50. The number of hydrogen-bond donors (Lipinski definition) is 2. The topological polar surface area (TPSA) is 41.1 Å². The van der Waals surface area contributed by atoms with Crippen LogP contribution in [-0.2, 0) is 4.79 Å². The molecule has 0 aromatic heterocycles. The van der Waals surface area contributed by atoms with Crippen molar-refractivity contribution < 1.29 is 4.79 Å². The number of thioether (sulfide) groups is 1. The largest absolute Gasteiger partial charge is 0.355 e. The normalized spacial score (nSPS) is 19.4. The van der Waals surface area contributed by atoms with Gasteiger partial charge in [-0.05, 0) is 31.5 Å². The van der Waals surface area contributed by atoms with E-state index in [1.807, 2.05) is 18.2 Å². The van der Waals surface area contributed by atoms with Crippen LogP contribution in [0, 0.1) is 5.92 Å². The Morgan fingerprint density at radius 3 is 2.94 bits per heavy atom. The number of rotatable bonds is 5. The number of carbonyl (C=O) groups excluding carboxylic acids is 1. The highest BCUT2D eigenvalue weighted by Gasteiger charge is 2.19. The molecule has 0 aliphatic carbocycles. The van der Waals surface area contributed by atoms with E-state index in [0.717, 1.165) is 38.2 Å². The standard InChI is InChI=1S/C14H20N2OS/c17-14(12-5-4-8-15-11-12)16-9-10-18-13-6-2-1-3-7-13/h1-3,6-7,12,15H,4-5,8-11H2,(H,16,17)/t12-/m0/s1. The fourth-order valence-electron chi connectivity index (χ4n) is 2.08. The summed E-state index contributed by atoms with van der Waals surface area (Å²) in [4.78, 5) is 13.1. The lowest BCUT2D eigenvalue weighted by Gasteiger charge is -2.21. The predicted molar refractivity (Wildman–Crippen MR) is 75.8 cm³/mol. The third-order valence-corrected chi connectivity index (χ3v) is 4.09. The molecule has 2 rings (SSSR count). The van der Waals surface area contributed by atoms with Crippen molar-refractivity contribution in [1.82, 2.24) is 10.6 Å². The molecular weight excluding hydrogens is 244 g/mol. The molecule has 1 amide bonds. The lowest BCUT2D eigenvalue weighted by atomic mass is 9.99. The van der Waals surface area contributed by atoms with Gasteiger partial charge in [0.1, 0.15) is 0 Å². The van der Waals surface area contributed by atoms with Gasteiger partial charge in [-0.1, -0.05) is 18.2 Å². The van der Waals surface area contributed by atoms with E-state index in [9.17, 15) is 4.79 Å². The Labute approximate surface area is 113 Å². The van der Waals surface area contributed by atoms with Gasteiger partial charge in [0.25, 0.3) is 0 Å². The van der Waals surface area contributed by atoms with Crippen molar-refractivity contribution in [1.29, 1.82) is 0 Å². The zero-order valence-electron chi connectivity index (χ0n) is 10.5. The molecule has 1 heterocycles. The third-order valence-electron chi connectivity index (χ3n) is 3.08. The second-order valence-corrected chi connectivity index (χ2v) is 5.66. The van der Waals surface area contributed by atoms with Crippen molar-refractivity contribution in [2.75, 3.05) is 25.4 Å². The van der Waals surface area contributed by atoms with E-state index >= 15 is 0 Å². The summed E-state index contributed by atoms with van der Waals surface area (Å²) in [5.41, 5.74) is 0. The van der Waals surface area contributed by atoms with Crippen LogP contribution in [0.15, 0.2) is 35.2 Å². The molecule has 3 nitrogen and oxygen atoms in total. The maximum atomic E-state index is 11.8. The highest BCUT2D eigenvalue weighted by Crippen LogP contribution is 2.16. The Hall–Kier alpha value is -1.00. The Kier molecular flexibility index (Phi) is 5.55. The molecule has 0 radical (unpaired) electrons. The van der Waals surface area contributed by atoms with Gasteiger partial charge >= 0.3 is 0 Å². The SMILES string of the molecule is O=C(NCCSc1ccccc1)[C@H]1CCCNC1. The van der Waals surface area contributed by atoms with Crippen LogP contribution in [-0.4, -0.2) is 31.3 Å². The van der Waals surface area contributed by atoms with Gasteiger partial charge in [0.05, 0.1) is 5.92 Å². The molecule has 1 aromatic rings. The maximum Gasteiger partial charge on any atom is 0.224 e. The van der Waals surface area contributed by atoms with E-state index in [-0.39, 0.29) is 11.8 Å². The first kappa shape index (κ1) is 13.4. The van der Waals surface area contributed by atoms with Crippen LogP contribution in [0.4, 0.5) is 0 Å². The summed E-state index contributed by atoms with van der Waals surface area (Å²) in [6, 6.07) is 10.3. The highest BCUT2D eigenvalue weighted by atomic mass is 32.2. The summed E-state index contributed by atoms with van der Waals surface area (Å²) in [7, 11) is 0. The summed E-state index contributed by atoms with van der Waals surface area (Å²) in [6.07, 6.45) is 2.13. The van der Waals surface area contributed by atoms with E-state index < -0.39 is 0 Å². The Balaban J connectivity index is 1.61. The van der Waals surface area contributed by atoms with E-state index in [1.165, 1.54) is 4.90 Å². The fraction of sp³-hybridized carbons (Fsp3) is 0.500. The molecule has 0 unspecified atom stereocenters. The minimum absolute atomic E-state index is 0.167. The molecule has 1 aliphatic heterocycles. The molecule has 0 saturated carbocycles. The van der Waals surface area contributed by atoms with Gasteiger partial charge in [-0.3, -0.25) is 4.79 Å². The molecule has 1 aliphatic rings. The van der Waals surface area contributed by atoms with Gasteiger partial charge in [0, 0.05) is 23.7 Å². The van der Waals surface area contributed by atoms with Crippen molar-refractivity contribution in [3.05, 3.63) is 30.3 Å². The minimum atomic E-state index is 0.167. The summed E-state index contributed by atoms with van der Waals surface area (Å²) < 4.78 is 0. The minimum Gasteiger partial charge on any atom is -0.355 e. The van der Waals surface area contributed by atoms with Crippen molar-refractivity contribution in [2.24, 2.45) is 5.92 Å². The van der Waals surface area contributed by atoms with E-state index in [1.54, 1.807) is 11.8 Å². The van der Waals surface area contributed by atoms with E-state index in [4.69, 9.17) is 0 Å². The number of piperidine rings is 1. The highest BCUT2D eigenvalue weighted by molar-refractivity contribution is 7.99. The number of hydrogen-bond acceptors (Lipinski definition) is 3. The number of nitrogens with one attached hydrogen (secondary N) is 2. The Morgan fingerprint density at radius 1 is 1.39 bits per heavy atom. The third kappa shape index (κ3) is 4.35. The fourth-order valence-corrected chi connectivity index (χ4v) is 2.87. The second kappa shape index (κ2) is 7.44. The molecule has 2 N–H and O–H groups in total. The Bertz CT molecular complexity index is 363. The van der Waals surface area contributed by atoms with Crippen molar-refractivity contribution >= 4 is 17.7 Å². The average molecular weight is 264 g/mol. The number of carbonyl (C=O) groups is 1. The molecule has 1 aromatic carbocycles. The smallest absolute Gasteiger partial charge is 0.224 e. The molecule has 1 atom stereocenters. The molecule has 1 saturated heterocycles. The Morgan fingerprint density at radius 2 is 2.22 bits per heavy atom. The predicted octanol–water partition coefficient (Wildman–Crippen LogP) is 1.89. The zero-order chi connectivity index (χ0) is 12.6. The van der Waals surface area contributed by atoms with Gasteiger partial charge in [-0.2, -0.15) is 0 Å². The van der Waals surface area contributed by atoms with Gasteiger partial charge in [0.15, 0.2) is 0 Å².